The lowest BCUT2D eigenvalue weighted by atomic mass is 10.1. The van der Waals surface area contributed by atoms with E-state index in [2.05, 4.69) is 0 Å². The van der Waals surface area contributed by atoms with Crippen LogP contribution in [0.3, 0.4) is 0 Å². The van der Waals surface area contributed by atoms with Gasteiger partial charge in [0.25, 0.3) is 5.56 Å². The van der Waals surface area contributed by atoms with Gasteiger partial charge in [0.05, 0.1) is 0 Å². The minimum Gasteiger partial charge on any atom is -0.370 e. The highest BCUT2D eigenvalue weighted by atomic mass is 16.5. The monoisotopic (exact) mass is 238 g/mol. The number of Topliss-reactive ketones (excluding diaryl/α,β-unsaturated/α-hetero) is 1. The Balaban J connectivity index is 2.49. The lowest BCUT2D eigenvalue weighted by Crippen LogP contribution is -2.41. The molecule has 1 aromatic heterocycles. The van der Waals surface area contributed by atoms with E-state index < -0.39 is 17.4 Å². The van der Waals surface area contributed by atoms with E-state index in [1.165, 1.54) is 24.9 Å². The van der Waals surface area contributed by atoms with Crippen LogP contribution in [0.5, 0.6) is 0 Å². The minimum absolute atomic E-state index is 0.0153. The molecule has 2 heterocycles. The van der Waals surface area contributed by atoms with Gasteiger partial charge in [-0.3, -0.25) is 14.2 Å². The summed E-state index contributed by atoms with van der Waals surface area (Å²) in [6.07, 6.45) is 2.20. The van der Waals surface area contributed by atoms with Crippen LogP contribution in [0, 0.1) is 0 Å². The van der Waals surface area contributed by atoms with E-state index in [1.54, 1.807) is 0 Å². The van der Waals surface area contributed by atoms with Crippen molar-refractivity contribution >= 4 is 5.78 Å². The maximum Gasteiger partial charge on any atom is 0.330 e. The Morgan fingerprint density at radius 2 is 2.12 bits per heavy atom. The molecule has 0 N–H and O–H groups in total. The summed E-state index contributed by atoms with van der Waals surface area (Å²) < 4.78 is 7.41. The fraction of sp³-hybridized carbons (Fsp3) is 0.545. The largest absolute Gasteiger partial charge is 0.370 e. The predicted molar refractivity (Wildman–Crippen MR) is 60.2 cm³/mol. The Labute approximate surface area is 97.4 Å². The second-order valence-electron chi connectivity index (χ2n) is 4.17. The maximum atomic E-state index is 12.0. The summed E-state index contributed by atoms with van der Waals surface area (Å²) in [5.41, 5.74) is -0.992. The molecule has 1 aromatic rings. The van der Waals surface area contributed by atoms with Gasteiger partial charge in [-0.25, -0.2) is 4.79 Å². The third-order valence-corrected chi connectivity index (χ3v) is 2.93. The van der Waals surface area contributed by atoms with Gasteiger partial charge in [0.1, 0.15) is 11.7 Å². The zero-order chi connectivity index (χ0) is 12.6. The van der Waals surface area contributed by atoms with Gasteiger partial charge in [0.15, 0.2) is 5.78 Å². The Kier molecular flexibility index (Phi) is 2.97. The number of hydrogen-bond donors (Lipinski definition) is 0. The highest BCUT2D eigenvalue weighted by molar-refractivity contribution is 5.99. The van der Waals surface area contributed by atoms with Crippen molar-refractivity contribution in [1.82, 2.24) is 9.13 Å². The number of hydrogen-bond acceptors (Lipinski definition) is 4. The van der Waals surface area contributed by atoms with E-state index in [0.29, 0.717) is 13.0 Å². The number of ketones is 1. The number of carbonyl (C=O) groups is 1. The van der Waals surface area contributed by atoms with Gasteiger partial charge < -0.3 is 9.30 Å². The van der Waals surface area contributed by atoms with Crippen molar-refractivity contribution in [2.75, 3.05) is 6.61 Å². The highest BCUT2D eigenvalue weighted by Crippen LogP contribution is 2.15. The van der Waals surface area contributed by atoms with Crippen LogP contribution in [0.15, 0.2) is 15.8 Å². The van der Waals surface area contributed by atoms with Crippen molar-refractivity contribution in [3.05, 3.63) is 32.6 Å². The molecule has 0 radical (unpaired) electrons. The van der Waals surface area contributed by atoms with Crippen LogP contribution in [0.25, 0.3) is 0 Å². The maximum absolute atomic E-state index is 12.0. The van der Waals surface area contributed by atoms with Gasteiger partial charge in [0, 0.05) is 26.9 Å². The van der Waals surface area contributed by atoms with Crippen LogP contribution in [0.4, 0.5) is 0 Å². The number of aryl methyl sites for hydroxylation is 1. The van der Waals surface area contributed by atoms with Crippen LogP contribution < -0.4 is 11.2 Å². The molecule has 0 saturated carbocycles. The highest BCUT2D eigenvalue weighted by Gasteiger charge is 2.27. The topological polar surface area (TPSA) is 70.3 Å². The van der Waals surface area contributed by atoms with Crippen molar-refractivity contribution in [2.24, 2.45) is 14.1 Å². The van der Waals surface area contributed by atoms with Crippen LogP contribution >= 0.6 is 0 Å². The fourth-order valence-corrected chi connectivity index (χ4v) is 1.94. The van der Waals surface area contributed by atoms with Gasteiger partial charge in [-0.15, -0.1) is 0 Å². The summed E-state index contributed by atoms with van der Waals surface area (Å²) in [5, 5.41) is 0. The predicted octanol–water partition coefficient (Wildman–Crippen LogP) is -0.554. The Bertz CT molecular complexity index is 564. The molecule has 92 valence electrons. The first-order valence-corrected chi connectivity index (χ1v) is 5.45. The molecule has 1 atom stereocenters. The van der Waals surface area contributed by atoms with Gasteiger partial charge in [0.2, 0.25) is 0 Å². The second-order valence-corrected chi connectivity index (χ2v) is 4.17. The van der Waals surface area contributed by atoms with Crippen molar-refractivity contribution in [1.29, 1.82) is 0 Å². The summed E-state index contributed by atoms with van der Waals surface area (Å²) >= 11 is 0. The molecule has 0 bridgehead atoms. The molecule has 0 aliphatic carbocycles. The van der Waals surface area contributed by atoms with E-state index in [4.69, 9.17) is 4.74 Å². The molecule has 17 heavy (non-hydrogen) atoms. The van der Waals surface area contributed by atoms with E-state index in [-0.39, 0.29) is 11.3 Å². The summed E-state index contributed by atoms with van der Waals surface area (Å²) in [6, 6.07) is 0. The molecule has 1 aliphatic rings. The van der Waals surface area contributed by atoms with Gasteiger partial charge in [-0.1, -0.05) is 0 Å². The van der Waals surface area contributed by atoms with Crippen LogP contribution in [0.2, 0.25) is 0 Å². The lowest BCUT2D eigenvalue weighted by Gasteiger charge is -2.09. The number of carbonyl (C=O) groups excluding carboxylic acids is 1. The van der Waals surface area contributed by atoms with E-state index in [9.17, 15) is 14.4 Å². The summed E-state index contributed by atoms with van der Waals surface area (Å²) in [5.74, 6) is -0.335. The van der Waals surface area contributed by atoms with Gasteiger partial charge in [-0.2, -0.15) is 0 Å². The van der Waals surface area contributed by atoms with Gasteiger partial charge >= 0.3 is 5.69 Å². The SMILES string of the molecule is Cn1cc(C(=O)C2CCCO2)c(=O)n(C)c1=O. The third kappa shape index (κ3) is 1.95. The number of ether oxygens (including phenoxy) is 1. The van der Waals surface area contributed by atoms with Crippen molar-refractivity contribution in [2.45, 2.75) is 18.9 Å². The normalized spacial score (nSPS) is 19.5. The van der Waals surface area contributed by atoms with E-state index >= 15 is 0 Å². The summed E-state index contributed by atoms with van der Waals surface area (Å²) in [7, 11) is 2.87. The first-order valence-electron chi connectivity index (χ1n) is 5.45. The molecular weight excluding hydrogens is 224 g/mol. The summed E-state index contributed by atoms with van der Waals surface area (Å²) in [4.78, 5) is 35.3. The average Bonchev–Trinajstić information content (AvgIpc) is 2.84. The molecular formula is C11H14N2O4. The lowest BCUT2D eigenvalue weighted by molar-refractivity contribution is 0.0639. The number of nitrogens with zero attached hydrogens (tertiary/aromatic N) is 2. The number of aromatic nitrogens is 2. The molecule has 6 nitrogen and oxygen atoms in total. The van der Waals surface area contributed by atoms with Crippen molar-refractivity contribution in [3.63, 3.8) is 0 Å². The fourth-order valence-electron chi connectivity index (χ4n) is 1.94. The van der Waals surface area contributed by atoms with Crippen LogP contribution in [-0.2, 0) is 18.8 Å². The summed E-state index contributed by atoms with van der Waals surface area (Å²) in [6.45, 7) is 0.544. The van der Waals surface area contributed by atoms with E-state index in [1.807, 2.05) is 0 Å². The minimum atomic E-state index is -0.561. The molecule has 6 heteroatoms. The average molecular weight is 238 g/mol. The molecule has 2 rings (SSSR count). The Morgan fingerprint density at radius 3 is 2.71 bits per heavy atom. The quantitative estimate of drug-likeness (QED) is 0.648. The standard InChI is InChI=1S/C11H14N2O4/c1-12-6-7(10(15)13(2)11(12)16)9(14)8-4-3-5-17-8/h6,8H,3-5H2,1-2H3. The first-order chi connectivity index (χ1) is 8.02. The molecule has 1 aliphatic heterocycles. The molecule has 0 amide bonds. The zero-order valence-electron chi connectivity index (χ0n) is 9.80. The van der Waals surface area contributed by atoms with Crippen LogP contribution in [0.1, 0.15) is 23.2 Å². The number of rotatable bonds is 2. The smallest absolute Gasteiger partial charge is 0.330 e. The third-order valence-electron chi connectivity index (χ3n) is 2.93. The zero-order valence-corrected chi connectivity index (χ0v) is 9.80. The van der Waals surface area contributed by atoms with E-state index in [0.717, 1.165) is 11.0 Å². The molecule has 0 spiro atoms. The van der Waals surface area contributed by atoms with Gasteiger partial charge in [-0.05, 0) is 12.8 Å². The Morgan fingerprint density at radius 1 is 1.41 bits per heavy atom. The Hall–Kier alpha value is -1.69. The molecule has 1 saturated heterocycles. The molecule has 0 aromatic carbocycles. The van der Waals surface area contributed by atoms with Crippen molar-refractivity contribution in [3.8, 4) is 0 Å². The van der Waals surface area contributed by atoms with Crippen molar-refractivity contribution < 1.29 is 9.53 Å². The van der Waals surface area contributed by atoms with Crippen LogP contribution in [-0.4, -0.2) is 27.6 Å². The molecule has 1 fully saturated rings. The first kappa shape index (κ1) is 11.8. The molecule has 1 unspecified atom stereocenters. The second kappa shape index (κ2) is 4.29.